The smallest absolute Gasteiger partial charge is 0.255 e. The molecule has 0 radical (unpaired) electrons. The van der Waals surface area contributed by atoms with Crippen molar-refractivity contribution in [1.82, 2.24) is 9.80 Å². The Labute approximate surface area is 197 Å². The average Bonchev–Trinajstić information content (AvgIpc) is 3.27. The fraction of sp³-hybridized carbons (Fsp3) is 0.391. The molecule has 2 heterocycles. The second-order valence-corrected chi connectivity index (χ2v) is 9.75. The number of amides is 2. The van der Waals surface area contributed by atoms with Crippen LogP contribution in [0.3, 0.4) is 0 Å². The zero-order valence-electron chi connectivity index (χ0n) is 17.2. The molecule has 2 fully saturated rings. The molecule has 0 spiro atoms. The number of hydrogen-bond donors (Lipinski definition) is 1. The number of primary amides is 1. The maximum atomic E-state index is 13.0. The number of likely N-dealkylation sites (tertiary alicyclic amines) is 2. The summed E-state index contributed by atoms with van der Waals surface area (Å²) in [5, 5.41) is 1.56. The number of halogens is 3. The van der Waals surface area contributed by atoms with Crippen molar-refractivity contribution < 1.29 is 9.59 Å². The standard InChI is InChI=1S/C23H24Cl3N3O2/c1-13-2-3-14(6-19(13)25)21(8-22(27)30)28-9-15-11-29(12-16(15)10-28)23(31)18-5-4-17(24)7-20(18)26/h2-7,15-16,21H,8-12H2,1H3,(H2,27,30). The first-order valence-electron chi connectivity index (χ1n) is 10.3. The van der Waals surface area contributed by atoms with Gasteiger partial charge < -0.3 is 10.6 Å². The van der Waals surface area contributed by atoms with E-state index in [1.165, 1.54) is 0 Å². The Morgan fingerprint density at radius 1 is 1.00 bits per heavy atom. The van der Waals surface area contributed by atoms with Gasteiger partial charge in [-0.1, -0.05) is 46.9 Å². The Morgan fingerprint density at radius 3 is 2.26 bits per heavy atom. The van der Waals surface area contributed by atoms with Crippen LogP contribution in [-0.2, 0) is 4.79 Å². The molecular weight excluding hydrogens is 457 g/mol. The predicted molar refractivity (Wildman–Crippen MR) is 124 cm³/mol. The summed E-state index contributed by atoms with van der Waals surface area (Å²) in [6, 6.07) is 10.8. The molecule has 5 nitrogen and oxygen atoms in total. The maximum Gasteiger partial charge on any atom is 0.255 e. The highest BCUT2D eigenvalue weighted by Gasteiger charge is 2.44. The van der Waals surface area contributed by atoms with E-state index < -0.39 is 0 Å². The zero-order chi connectivity index (χ0) is 22.3. The molecule has 31 heavy (non-hydrogen) atoms. The molecule has 0 bridgehead atoms. The van der Waals surface area contributed by atoms with Gasteiger partial charge in [0.1, 0.15) is 0 Å². The first-order valence-corrected chi connectivity index (χ1v) is 11.4. The molecule has 4 rings (SSSR count). The second-order valence-electron chi connectivity index (χ2n) is 8.50. The lowest BCUT2D eigenvalue weighted by Crippen LogP contribution is -2.36. The van der Waals surface area contributed by atoms with E-state index in [9.17, 15) is 9.59 Å². The molecule has 2 aromatic carbocycles. The molecule has 2 N–H and O–H groups in total. The summed E-state index contributed by atoms with van der Waals surface area (Å²) in [6.45, 7) is 4.88. The third-order valence-corrected chi connectivity index (χ3v) is 7.33. The lowest BCUT2D eigenvalue weighted by molar-refractivity contribution is -0.119. The summed E-state index contributed by atoms with van der Waals surface area (Å²) < 4.78 is 0. The predicted octanol–water partition coefficient (Wildman–Crippen LogP) is 4.58. The van der Waals surface area contributed by atoms with Crippen LogP contribution >= 0.6 is 34.8 Å². The Kier molecular flexibility index (Phi) is 6.50. The van der Waals surface area contributed by atoms with Crippen LogP contribution in [0.1, 0.15) is 33.9 Å². The van der Waals surface area contributed by atoms with Crippen LogP contribution in [0.15, 0.2) is 36.4 Å². The van der Waals surface area contributed by atoms with E-state index in [-0.39, 0.29) is 24.3 Å². The Hall–Kier alpha value is -1.79. The molecule has 2 amide bonds. The highest BCUT2D eigenvalue weighted by atomic mass is 35.5. The minimum Gasteiger partial charge on any atom is -0.370 e. The molecule has 2 saturated heterocycles. The van der Waals surface area contributed by atoms with E-state index in [1.807, 2.05) is 30.0 Å². The van der Waals surface area contributed by atoms with Gasteiger partial charge in [0.05, 0.1) is 10.6 Å². The van der Waals surface area contributed by atoms with Gasteiger partial charge in [0.15, 0.2) is 0 Å². The lowest BCUT2D eigenvalue weighted by atomic mass is 10.0. The highest BCUT2D eigenvalue weighted by Crippen LogP contribution is 2.38. The first-order chi connectivity index (χ1) is 14.7. The monoisotopic (exact) mass is 479 g/mol. The number of carbonyl (C=O) groups is 2. The topological polar surface area (TPSA) is 66.6 Å². The van der Waals surface area contributed by atoms with Crippen LogP contribution in [0.2, 0.25) is 15.1 Å². The normalized spacial score (nSPS) is 21.9. The summed E-state index contributed by atoms with van der Waals surface area (Å²) in [4.78, 5) is 28.9. The van der Waals surface area contributed by atoms with Gasteiger partial charge in [-0.05, 0) is 54.2 Å². The number of hydrogen-bond acceptors (Lipinski definition) is 3. The van der Waals surface area contributed by atoms with Crippen molar-refractivity contribution >= 4 is 46.6 Å². The number of rotatable bonds is 5. The fourth-order valence-electron chi connectivity index (χ4n) is 4.75. The number of benzene rings is 2. The van der Waals surface area contributed by atoms with Crippen LogP contribution in [0.5, 0.6) is 0 Å². The Bertz CT molecular complexity index is 1020. The van der Waals surface area contributed by atoms with E-state index in [1.54, 1.807) is 18.2 Å². The third-order valence-electron chi connectivity index (χ3n) is 6.38. The van der Waals surface area contributed by atoms with Crippen molar-refractivity contribution in [1.29, 1.82) is 0 Å². The van der Waals surface area contributed by atoms with E-state index >= 15 is 0 Å². The van der Waals surface area contributed by atoms with E-state index in [0.29, 0.717) is 45.6 Å². The minimum atomic E-state index is -0.340. The Morgan fingerprint density at radius 2 is 1.68 bits per heavy atom. The average molecular weight is 481 g/mol. The number of aryl methyl sites for hydroxylation is 1. The van der Waals surface area contributed by atoms with Gasteiger partial charge >= 0.3 is 0 Å². The lowest BCUT2D eigenvalue weighted by Gasteiger charge is -2.29. The van der Waals surface area contributed by atoms with Gasteiger partial charge in [-0.3, -0.25) is 14.5 Å². The van der Waals surface area contributed by atoms with Crippen LogP contribution in [0.25, 0.3) is 0 Å². The summed E-state index contributed by atoms with van der Waals surface area (Å²) in [7, 11) is 0. The summed E-state index contributed by atoms with van der Waals surface area (Å²) >= 11 is 18.5. The SMILES string of the molecule is Cc1ccc(C(CC(N)=O)N2CC3CN(C(=O)c4ccc(Cl)cc4Cl)CC3C2)cc1Cl. The molecule has 0 saturated carbocycles. The van der Waals surface area contributed by atoms with E-state index in [0.717, 1.165) is 24.2 Å². The van der Waals surface area contributed by atoms with Gasteiger partial charge in [-0.25, -0.2) is 0 Å². The third kappa shape index (κ3) is 4.70. The molecule has 0 aliphatic carbocycles. The van der Waals surface area contributed by atoms with Crippen LogP contribution in [-0.4, -0.2) is 47.8 Å². The molecule has 3 atom stereocenters. The van der Waals surface area contributed by atoms with Gasteiger partial charge in [0.2, 0.25) is 5.91 Å². The Balaban J connectivity index is 1.47. The van der Waals surface area contributed by atoms with E-state index in [2.05, 4.69) is 4.90 Å². The van der Waals surface area contributed by atoms with Crippen LogP contribution in [0.4, 0.5) is 0 Å². The summed E-state index contributed by atoms with van der Waals surface area (Å²) in [5.74, 6) is 0.271. The second kappa shape index (κ2) is 8.99. The molecule has 2 aliphatic heterocycles. The zero-order valence-corrected chi connectivity index (χ0v) is 19.4. The van der Waals surface area contributed by atoms with Gasteiger partial charge in [-0.15, -0.1) is 0 Å². The molecule has 0 aromatic heterocycles. The summed E-state index contributed by atoms with van der Waals surface area (Å²) in [5.41, 5.74) is 8.03. The molecular formula is C23H24Cl3N3O2. The van der Waals surface area contributed by atoms with Gasteiger partial charge in [0, 0.05) is 48.7 Å². The molecule has 8 heteroatoms. The van der Waals surface area contributed by atoms with E-state index in [4.69, 9.17) is 40.5 Å². The van der Waals surface area contributed by atoms with Gasteiger partial charge in [0.25, 0.3) is 5.91 Å². The number of nitrogens with zero attached hydrogens (tertiary/aromatic N) is 2. The van der Waals surface area contributed by atoms with Crippen LogP contribution < -0.4 is 5.73 Å². The van der Waals surface area contributed by atoms with Crippen molar-refractivity contribution in [3.8, 4) is 0 Å². The molecule has 2 aliphatic rings. The van der Waals surface area contributed by atoms with Crippen molar-refractivity contribution in [3.05, 3.63) is 68.2 Å². The van der Waals surface area contributed by atoms with Gasteiger partial charge in [-0.2, -0.15) is 0 Å². The van der Waals surface area contributed by atoms with Crippen molar-refractivity contribution in [2.24, 2.45) is 17.6 Å². The maximum absolute atomic E-state index is 13.0. The van der Waals surface area contributed by atoms with Crippen molar-refractivity contribution in [2.75, 3.05) is 26.2 Å². The minimum absolute atomic E-state index is 0.0679. The quantitative estimate of drug-likeness (QED) is 0.681. The van der Waals surface area contributed by atoms with Crippen LogP contribution in [0, 0.1) is 18.8 Å². The molecule has 3 unspecified atom stereocenters. The highest BCUT2D eigenvalue weighted by molar-refractivity contribution is 6.36. The first kappa shape index (κ1) is 22.4. The van der Waals surface area contributed by atoms with Crippen molar-refractivity contribution in [2.45, 2.75) is 19.4 Å². The number of fused-ring (bicyclic) bond motifs is 1. The van der Waals surface area contributed by atoms with Crippen molar-refractivity contribution in [3.63, 3.8) is 0 Å². The fourth-order valence-corrected chi connectivity index (χ4v) is 5.43. The number of carbonyl (C=O) groups excluding carboxylic acids is 2. The summed E-state index contributed by atoms with van der Waals surface area (Å²) in [6.07, 6.45) is 0.238. The largest absolute Gasteiger partial charge is 0.370 e. The molecule has 2 aromatic rings. The molecule has 164 valence electrons. The number of nitrogens with two attached hydrogens (primary N) is 1.